The highest BCUT2D eigenvalue weighted by molar-refractivity contribution is 7.54. The zero-order chi connectivity index (χ0) is 59.0. The van der Waals surface area contributed by atoms with E-state index in [-0.39, 0.29) is 83.1 Å². The normalized spacial score (nSPS) is 13.1. The molecule has 8 N–H and O–H groups in total. The fraction of sp³-hybridized carbons (Fsp3) is 0.172. The zero-order valence-electron chi connectivity index (χ0n) is 44.1. The number of aromatic amines is 2. The fourth-order valence-corrected chi connectivity index (χ4v) is 11.2. The number of carboxylic acid groups (broad SMARTS) is 2. The van der Waals surface area contributed by atoms with Gasteiger partial charge in [0.15, 0.2) is 5.78 Å². The van der Waals surface area contributed by atoms with Gasteiger partial charge in [0.2, 0.25) is 5.78 Å². The molecule has 1 atom stereocenters. The molecule has 1 aliphatic rings. The first-order valence-electron chi connectivity index (χ1n) is 25.6. The Morgan fingerprint density at radius 2 is 1.16 bits per heavy atom. The Balaban J connectivity index is 0.739. The van der Waals surface area contributed by atoms with Gasteiger partial charge in [-0.2, -0.15) is 18.8 Å². The first-order chi connectivity index (χ1) is 39.7. The van der Waals surface area contributed by atoms with Crippen molar-refractivity contribution in [3.63, 3.8) is 0 Å². The van der Waals surface area contributed by atoms with Gasteiger partial charge in [-0.25, -0.2) is 18.7 Å². The molecule has 422 valence electrons. The van der Waals surface area contributed by atoms with Gasteiger partial charge < -0.3 is 39.6 Å². The average molecular weight is 1150 g/mol. The lowest BCUT2D eigenvalue weighted by molar-refractivity contribution is -0.138. The number of benzene rings is 3. The lowest BCUT2D eigenvalue weighted by atomic mass is 9.88. The number of hydrogen-bond donors (Lipinski definition) is 8. The molecule has 2 amide bonds. The summed E-state index contributed by atoms with van der Waals surface area (Å²) < 4.78 is 15.0. The molecule has 0 saturated carbocycles. The second-order valence-corrected chi connectivity index (χ2v) is 20.9. The maximum Gasteiger partial charge on any atom is 0.570 e. The molecular formula is C58H50N8O16P+. The number of aromatic nitrogens is 6. The molecule has 9 aromatic rings. The number of ketones is 2. The number of carbonyl (C=O) groups excluding carboxylic acids is 4. The van der Waals surface area contributed by atoms with E-state index >= 15 is 0 Å². The number of nitrogens with one attached hydrogen (secondary N) is 4. The van der Waals surface area contributed by atoms with Crippen LogP contribution in [0, 0.1) is 19.8 Å². The fourth-order valence-electron chi connectivity index (χ4n) is 10.4. The van der Waals surface area contributed by atoms with Crippen molar-refractivity contribution in [1.82, 2.24) is 38.5 Å². The molecule has 0 spiro atoms. The number of fused-ring (bicyclic) bond motifs is 4. The highest BCUT2D eigenvalue weighted by atomic mass is 31.2. The number of rotatable bonds is 20. The van der Waals surface area contributed by atoms with Crippen LogP contribution in [-0.4, -0.2) is 110 Å². The van der Waals surface area contributed by atoms with Crippen LogP contribution in [-0.2, 0) is 38.1 Å². The molecule has 83 heavy (non-hydrogen) atoms. The third-order valence-electron chi connectivity index (χ3n) is 14.1. The highest BCUT2D eigenvalue weighted by Gasteiger charge is 2.39. The molecule has 0 aliphatic heterocycles. The molecule has 1 unspecified atom stereocenters. The number of hydrogen-bond acceptors (Lipinski definition) is 14. The second kappa shape index (κ2) is 22.9. The lowest BCUT2D eigenvalue weighted by Gasteiger charge is -2.19. The van der Waals surface area contributed by atoms with E-state index in [0.29, 0.717) is 59.2 Å². The van der Waals surface area contributed by atoms with Crippen molar-refractivity contribution >= 4 is 71.5 Å². The Morgan fingerprint density at radius 1 is 0.627 bits per heavy atom. The van der Waals surface area contributed by atoms with Gasteiger partial charge in [-0.15, -0.1) is 0 Å². The summed E-state index contributed by atoms with van der Waals surface area (Å²) in [5.74, 6) is -5.32. The quantitative estimate of drug-likeness (QED) is 0.0299. The summed E-state index contributed by atoms with van der Waals surface area (Å²) in [6, 6.07) is 28.2. The first kappa shape index (κ1) is 56.3. The van der Waals surface area contributed by atoms with E-state index in [4.69, 9.17) is 14.2 Å². The van der Waals surface area contributed by atoms with Crippen molar-refractivity contribution in [2.75, 3.05) is 26.3 Å². The molecule has 25 heteroatoms. The van der Waals surface area contributed by atoms with Crippen LogP contribution in [0.1, 0.15) is 69.6 Å². The number of pyridine rings is 2. The van der Waals surface area contributed by atoms with Crippen molar-refractivity contribution in [2.45, 2.75) is 33.4 Å². The van der Waals surface area contributed by atoms with Crippen molar-refractivity contribution in [3.05, 3.63) is 214 Å². The van der Waals surface area contributed by atoms with Gasteiger partial charge in [0.05, 0.1) is 38.9 Å². The minimum Gasteiger partial charge on any atom is -0.480 e. The molecule has 3 aromatic carbocycles. The van der Waals surface area contributed by atoms with Gasteiger partial charge in [-0.1, -0.05) is 54.6 Å². The Kier molecular flexibility index (Phi) is 15.5. The van der Waals surface area contributed by atoms with Crippen molar-refractivity contribution < 1.29 is 57.8 Å². The summed E-state index contributed by atoms with van der Waals surface area (Å²) >= 11 is 0. The Bertz CT molecular complexity index is 4490. The largest absolute Gasteiger partial charge is 0.570 e. The molecular weight excluding hydrogens is 1100 g/mol. The Hall–Kier alpha value is -9.97. The number of carbonyl (C=O) groups is 6. The van der Waals surface area contributed by atoms with Gasteiger partial charge >= 0.3 is 31.5 Å². The van der Waals surface area contributed by atoms with E-state index in [9.17, 15) is 62.8 Å². The topological polar surface area (TPSA) is 344 Å². The van der Waals surface area contributed by atoms with Crippen LogP contribution < -0.4 is 33.1 Å². The molecule has 24 nitrogen and oxygen atoms in total. The zero-order valence-corrected chi connectivity index (χ0v) is 45.0. The van der Waals surface area contributed by atoms with Crippen LogP contribution in [0.2, 0.25) is 0 Å². The summed E-state index contributed by atoms with van der Waals surface area (Å²) in [6.07, 6.45) is 6.39. The SMILES string of the molecule is Cc1c(-c2cccc(C(=O)NCCO[P+](O)(O)OCCNC(=O)c3cccc(-c4c(C)c(C(=O)C5C=Cc6c([nH]c(=O)n(CC(=O)O)c6=O)C5)n5ccccc45)c3)c2)c2ccccn2c1C(=O)c1ccc2c(=O)n(CC(=O)O)c(=O)[nH]c2c1. The van der Waals surface area contributed by atoms with Crippen LogP contribution in [0.3, 0.4) is 0 Å². The third kappa shape index (κ3) is 11.1. The van der Waals surface area contributed by atoms with Crippen molar-refractivity contribution in [3.8, 4) is 22.3 Å². The molecule has 0 radical (unpaired) electrons. The predicted octanol–water partition coefficient (Wildman–Crippen LogP) is 4.32. The third-order valence-corrected chi connectivity index (χ3v) is 15.2. The molecule has 6 aromatic heterocycles. The number of carboxylic acids is 2. The maximum atomic E-state index is 14.3. The van der Waals surface area contributed by atoms with E-state index in [1.54, 1.807) is 120 Å². The number of Topliss-reactive ketones (excluding diaryl/α,β-unsaturated/α-hetero) is 1. The van der Waals surface area contributed by atoms with Crippen molar-refractivity contribution in [1.29, 1.82) is 0 Å². The molecule has 10 rings (SSSR count). The summed E-state index contributed by atoms with van der Waals surface area (Å²) in [5.41, 5.74) is 3.11. The van der Waals surface area contributed by atoms with Gasteiger partial charge in [-0.05, 0) is 96.8 Å². The van der Waals surface area contributed by atoms with Crippen LogP contribution in [0.5, 0.6) is 0 Å². The van der Waals surface area contributed by atoms with Crippen LogP contribution in [0.4, 0.5) is 0 Å². The highest BCUT2D eigenvalue weighted by Crippen LogP contribution is 2.52. The number of amides is 2. The van der Waals surface area contributed by atoms with E-state index in [1.165, 1.54) is 24.3 Å². The summed E-state index contributed by atoms with van der Waals surface area (Å²) in [4.78, 5) is 155. The molecule has 0 fully saturated rings. The van der Waals surface area contributed by atoms with E-state index in [0.717, 1.165) is 0 Å². The van der Waals surface area contributed by atoms with Gasteiger partial charge in [0, 0.05) is 71.3 Å². The Labute approximate surface area is 467 Å². The van der Waals surface area contributed by atoms with Crippen LogP contribution >= 0.6 is 8.17 Å². The van der Waals surface area contributed by atoms with E-state index in [1.807, 2.05) is 6.07 Å². The Morgan fingerprint density at radius 3 is 1.72 bits per heavy atom. The van der Waals surface area contributed by atoms with Gasteiger partial charge in [0.25, 0.3) is 22.9 Å². The van der Waals surface area contributed by atoms with Crippen molar-refractivity contribution in [2.24, 2.45) is 5.92 Å². The maximum absolute atomic E-state index is 14.3. The number of H-pyrrole nitrogens is 2. The number of aliphatic carboxylic acids is 2. The minimum atomic E-state index is -4.42. The predicted molar refractivity (Wildman–Crippen MR) is 302 cm³/mol. The van der Waals surface area contributed by atoms with Crippen LogP contribution in [0.15, 0.2) is 141 Å². The first-order valence-corrected chi connectivity index (χ1v) is 27.2. The number of allylic oxidation sites excluding steroid dienone is 1. The monoisotopic (exact) mass is 1150 g/mol. The summed E-state index contributed by atoms with van der Waals surface area (Å²) in [5, 5.41) is 23.7. The van der Waals surface area contributed by atoms with Crippen LogP contribution in [0.25, 0.3) is 50.3 Å². The summed E-state index contributed by atoms with van der Waals surface area (Å²) in [7, 11) is -4.42. The molecule has 0 saturated heterocycles. The molecule has 1 aliphatic carbocycles. The smallest absolute Gasteiger partial charge is 0.480 e. The molecule has 6 heterocycles. The lowest BCUT2D eigenvalue weighted by Crippen LogP contribution is -2.41. The minimum absolute atomic E-state index is 0.0141. The van der Waals surface area contributed by atoms with E-state index < -0.39 is 79.2 Å². The number of nitrogens with zero attached hydrogens (tertiary/aromatic N) is 4. The van der Waals surface area contributed by atoms with Gasteiger partial charge in [0.1, 0.15) is 26.3 Å². The molecule has 0 bridgehead atoms. The van der Waals surface area contributed by atoms with E-state index in [2.05, 4.69) is 20.6 Å². The van der Waals surface area contributed by atoms with Gasteiger partial charge in [-0.3, -0.25) is 38.4 Å². The second-order valence-electron chi connectivity index (χ2n) is 19.4. The summed E-state index contributed by atoms with van der Waals surface area (Å²) in [6.45, 7) is 0.807. The standard InChI is InChI=1S/C58H49N8O16P/c1-31-47(43-13-3-5-21-63(43)49(31)51(71)35-15-17-39-41(27-35)61-57(77)65(55(39)75)29-45(67)68)33-9-7-11-37(25-33)53(73)59-19-23-81-83(79,80)82-24-20-60-54(74)38-12-8-10-34(26-38)48-32(2)50(64-22-6-4-14-44(48)64)52(72)36-16-18-40-42(28-36)62-58(78)66(56(40)76)30-46(69)70/h3-18,21-22,25-27,36,79-80H,19-20,23-24,28-30H2,1-2H3,(H5-,59,60,61,62,67,68,69,70,73,74,75,76,77,78)/p+1. The average Bonchev–Trinajstić information content (AvgIpc) is 3.51.